The molecule has 1 rings (SSSR count). The number of nitrogens with two attached hydrogens (primary N) is 1. The number of hydrogen-bond acceptors (Lipinski definition) is 2. The van der Waals surface area contributed by atoms with Gasteiger partial charge >= 0.3 is 0 Å². The van der Waals surface area contributed by atoms with E-state index >= 15 is 0 Å². The van der Waals surface area contributed by atoms with Gasteiger partial charge in [-0.2, -0.15) is 0 Å². The summed E-state index contributed by atoms with van der Waals surface area (Å²) in [4.78, 5) is 0.679. The van der Waals surface area contributed by atoms with Crippen molar-refractivity contribution in [3.8, 4) is 0 Å². The predicted octanol–water partition coefficient (Wildman–Crippen LogP) is 2.30. The van der Waals surface area contributed by atoms with Crippen LogP contribution in [0.5, 0.6) is 0 Å². The Bertz CT molecular complexity index is 232. The fraction of sp³-hybridized carbons (Fsp3) is 0.250. The number of halogens is 2. The quantitative estimate of drug-likeness (QED) is 0.770. The van der Waals surface area contributed by atoms with Gasteiger partial charge in [0.15, 0.2) is 0 Å². The highest BCUT2D eigenvalue weighted by molar-refractivity contribution is 7.99. The largest absolute Gasteiger partial charge is 0.330 e. The maximum Gasteiger partial charge on any atom is 0.136 e. The van der Waals surface area contributed by atoms with E-state index in [9.17, 15) is 4.39 Å². The van der Waals surface area contributed by atoms with Crippen LogP contribution in [0.3, 0.4) is 0 Å². The van der Waals surface area contributed by atoms with Gasteiger partial charge in [0, 0.05) is 17.2 Å². The highest BCUT2D eigenvalue weighted by atomic mass is 35.5. The van der Waals surface area contributed by atoms with Gasteiger partial charge in [0.05, 0.1) is 0 Å². The van der Waals surface area contributed by atoms with Crippen molar-refractivity contribution < 1.29 is 4.39 Å². The van der Waals surface area contributed by atoms with Gasteiger partial charge in [-0.05, 0) is 12.1 Å². The summed E-state index contributed by atoms with van der Waals surface area (Å²) in [6.07, 6.45) is 0. The summed E-state index contributed by atoms with van der Waals surface area (Å²) in [6, 6.07) is 6.72. The second kappa shape index (κ2) is 6.29. The van der Waals surface area contributed by atoms with Crippen LogP contribution in [0.25, 0.3) is 0 Å². The number of thioether (sulfide) groups is 1. The van der Waals surface area contributed by atoms with Gasteiger partial charge in [-0.25, -0.2) is 4.39 Å². The Morgan fingerprint density at radius 2 is 2.00 bits per heavy atom. The fourth-order valence-electron chi connectivity index (χ4n) is 0.731. The van der Waals surface area contributed by atoms with Crippen LogP contribution in [0.15, 0.2) is 29.2 Å². The molecule has 0 amide bonds. The van der Waals surface area contributed by atoms with Crippen LogP contribution in [0.4, 0.5) is 4.39 Å². The van der Waals surface area contributed by atoms with Crippen LogP contribution < -0.4 is 5.73 Å². The minimum Gasteiger partial charge on any atom is -0.330 e. The Labute approximate surface area is 81.9 Å². The lowest BCUT2D eigenvalue weighted by atomic mass is 10.3. The molecule has 0 heterocycles. The second-order valence-electron chi connectivity index (χ2n) is 2.07. The molecule has 0 radical (unpaired) electrons. The van der Waals surface area contributed by atoms with Crippen LogP contribution in [-0.2, 0) is 0 Å². The lowest BCUT2D eigenvalue weighted by molar-refractivity contribution is 0.602. The topological polar surface area (TPSA) is 26.0 Å². The summed E-state index contributed by atoms with van der Waals surface area (Å²) in [5.41, 5.74) is 5.28. The number of rotatable bonds is 3. The van der Waals surface area contributed by atoms with Crippen molar-refractivity contribution in [2.75, 3.05) is 12.3 Å². The van der Waals surface area contributed by atoms with E-state index in [0.29, 0.717) is 11.4 Å². The van der Waals surface area contributed by atoms with Gasteiger partial charge in [-0.15, -0.1) is 24.2 Å². The highest BCUT2D eigenvalue weighted by Crippen LogP contribution is 2.19. The lowest BCUT2D eigenvalue weighted by Crippen LogP contribution is -2.01. The van der Waals surface area contributed by atoms with E-state index in [4.69, 9.17) is 5.73 Å². The molecule has 12 heavy (non-hydrogen) atoms. The minimum atomic E-state index is -0.161. The second-order valence-corrected chi connectivity index (χ2v) is 3.20. The third-order valence-corrected chi connectivity index (χ3v) is 2.29. The van der Waals surface area contributed by atoms with Crippen LogP contribution >= 0.6 is 24.2 Å². The predicted molar refractivity (Wildman–Crippen MR) is 53.4 cm³/mol. The molecule has 0 aliphatic carbocycles. The van der Waals surface area contributed by atoms with Crippen molar-refractivity contribution >= 4 is 24.2 Å². The standard InChI is InChI=1S/C8H10FNS.ClH/c9-7-3-1-2-4-8(7)11-6-5-10;/h1-4H,5-6,10H2;1H. The fourth-order valence-corrected chi connectivity index (χ4v) is 1.45. The zero-order valence-electron chi connectivity index (χ0n) is 6.50. The summed E-state index contributed by atoms with van der Waals surface area (Å²) >= 11 is 1.45. The Balaban J connectivity index is 0.00000121. The molecule has 0 spiro atoms. The summed E-state index contributed by atoms with van der Waals surface area (Å²) in [5.74, 6) is 0.604. The maximum atomic E-state index is 12.9. The smallest absolute Gasteiger partial charge is 0.136 e. The molecule has 0 saturated heterocycles. The van der Waals surface area contributed by atoms with E-state index in [1.807, 2.05) is 6.07 Å². The average molecular weight is 208 g/mol. The first-order valence-corrected chi connectivity index (χ1v) is 4.40. The number of hydrogen-bond donors (Lipinski definition) is 1. The molecule has 1 aromatic carbocycles. The molecule has 0 unspecified atom stereocenters. The molecule has 0 bridgehead atoms. The van der Waals surface area contributed by atoms with Gasteiger partial charge in [0.1, 0.15) is 5.82 Å². The van der Waals surface area contributed by atoms with Crippen molar-refractivity contribution in [3.63, 3.8) is 0 Å². The number of benzene rings is 1. The summed E-state index contributed by atoms with van der Waals surface area (Å²) in [7, 11) is 0. The maximum absolute atomic E-state index is 12.9. The van der Waals surface area contributed by atoms with Crippen molar-refractivity contribution in [2.45, 2.75) is 4.90 Å². The Morgan fingerprint density at radius 1 is 1.33 bits per heavy atom. The molecular weight excluding hydrogens is 197 g/mol. The zero-order chi connectivity index (χ0) is 8.10. The molecule has 0 atom stereocenters. The Kier molecular flexibility index (Phi) is 6.16. The van der Waals surface area contributed by atoms with Gasteiger partial charge in [-0.1, -0.05) is 12.1 Å². The molecule has 0 saturated carbocycles. The van der Waals surface area contributed by atoms with Crippen LogP contribution in [0.1, 0.15) is 0 Å². The summed E-state index contributed by atoms with van der Waals surface area (Å²) < 4.78 is 12.9. The molecule has 68 valence electrons. The normalized spacial score (nSPS) is 9.17. The van der Waals surface area contributed by atoms with Crippen LogP contribution in [0.2, 0.25) is 0 Å². The average Bonchev–Trinajstić information content (AvgIpc) is 2.03. The van der Waals surface area contributed by atoms with E-state index in [1.54, 1.807) is 12.1 Å². The first kappa shape index (κ1) is 11.8. The van der Waals surface area contributed by atoms with E-state index in [-0.39, 0.29) is 18.2 Å². The monoisotopic (exact) mass is 207 g/mol. The molecule has 1 nitrogen and oxygen atoms in total. The third kappa shape index (κ3) is 3.43. The van der Waals surface area contributed by atoms with E-state index in [0.717, 1.165) is 5.75 Å². The third-order valence-electron chi connectivity index (χ3n) is 1.21. The molecule has 2 N–H and O–H groups in total. The summed E-state index contributed by atoms with van der Waals surface area (Å²) in [6.45, 7) is 0.582. The molecule has 0 aromatic heterocycles. The van der Waals surface area contributed by atoms with Crippen molar-refractivity contribution in [2.24, 2.45) is 5.73 Å². The van der Waals surface area contributed by atoms with Gasteiger partial charge in [0.25, 0.3) is 0 Å². The van der Waals surface area contributed by atoms with E-state index in [2.05, 4.69) is 0 Å². The van der Waals surface area contributed by atoms with E-state index < -0.39 is 0 Å². The highest BCUT2D eigenvalue weighted by Gasteiger charge is 1.98. The molecule has 4 heteroatoms. The Morgan fingerprint density at radius 3 is 2.58 bits per heavy atom. The minimum absolute atomic E-state index is 0. The molecule has 0 aliphatic heterocycles. The van der Waals surface area contributed by atoms with Gasteiger partial charge < -0.3 is 5.73 Å². The van der Waals surface area contributed by atoms with Crippen molar-refractivity contribution in [3.05, 3.63) is 30.1 Å². The molecule has 1 aromatic rings. The Hall–Kier alpha value is -0.250. The van der Waals surface area contributed by atoms with E-state index in [1.165, 1.54) is 17.8 Å². The van der Waals surface area contributed by atoms with Crippen molar-refractivity contribution in [1.29, 1.82) is 0 Å². The molecule has 0 fully saturated rings. The zero-order valence-corrected chi connectivity index (χ0v) is 8.13. The van der Waals surface area contributed by atoms with Gasteiger partial charge in [-0.3, -0.25) is 0 Å². The van der Waals surface area contributed by atoms with Crippen molar-refractivity contribution in [1.82, 2.24) is 0 Å². The lowest BCUT2D eigenvalue weighted by Gasteiger charge is -1.99. The van der Waals surface area contributed by atoms with Crippen LogP contribution in [0, 0.1) is 5.82 Å². The summed E-state index contributed by atoms with van der Waals surface area (Å²) in [5, 5.41) is 0. The van der Waals surface area contributed by atoms with Crippen LogP contribution in [-0.4, -0.2) is 12.3 Å². The van der Waals surface area contributed by atoms with Gasteiger partial charge in [0.2, 0.25) is 0 Å². The molecule has 0 aliphatic rings. The first-order chi connectivity index (χ1) is 5.34. The SMILES string of the molecule is Cl.NCCSc1ccccc1F. The first-order valence-electron chi connectivity index (χ1n) is 3.42. The molecular formula is C8H11ClFNS.